The van der Waals surface area contributed by atoms with Crippen LogP contribution in [0.2, 0.25) is 10.0 Å². The van der Waals surface area contributed by atoms with Gasteiger partial charge in [0.2, 0.25) is 0 Å². The highest BCUT2D eigenvalue weighted by molar-refractivity contribution is 6.42. The Morgan fingerprint density at radius 3 is 2.38 bits per heavy atom. The highest BCUT2D eigenvalue weighted by Crippen LogP contribution is 2.25. The maximum absolute atomic E-state index is 12.8. The predicted molar refractivity (Wildman–Crippen MR) is 94.8 cm³/mol. The zero-order valence-electron chi connectivity index (χ0n) is 12.8. The fraction of sp³-hybridized carbons (Fsp3) is 0.222. The van der Waals surface area contributed by atoms with Crippen molar-refractivity contribution in [2.75, 3.05) is 13.1 Å². The van der Waals surface area contributed by atoms with Crippen molar-refractivity contribution in [1.82, 2.24) is 4.90 Å². The molecule has 0 aliphatic carbocycles. The van der Waals surface area contributed by atoms with Crippen molar-refractivity contribution in [3.05, 3.63) is 69.2 Å². The molecule has 1 unspecified atom stereocenters. The lowest BCUT2D eigenvalue weighted by Crippen LogP contribution is -2.32. The second kappa shape index (κ2) is 6.93. The SMILES string of the molecule is NC1CCN(C(=O)c2ccccc2C(=O)c2ccc(Cl)c(Cl)c2)C1. The van der Waals surface area contributed by atoms with E-state index in [0.717, 1.165) is 6.42 Å². The van der Waals surface area contributed by atoms with Crippen LogP contribution in [0, 0.1) is 0 Å². The van der Waals surface area contributed by atoms with Gasteiger partial charge in [-0.1, -0.05) is 41.4 Å². The van der Waals surface area contributed by atoms with Crippen molar-refractivity contribution in [2.24, 2.45) is 5.73 Å². The molecule has 1 atom stereocenters. The fourth-order valence-electron chi connectivity index (χ4n) is 2.80. The highest BCUT2D eigenvalue weighted by Gasteiger charge is 2.27. The van der Waals surface area contributed by atoms with E-state index < -0.39 is 0 Å². The normalized spacial score (nSPS) is 17.1. The minimum atomic E-state index is -0.263. The lowest BCUT2D eigenvalue weighted by Gasteiger charge is -2.17. The average molecular weight is 363 g/mol. The number of likely N-dealkylation sites (tertiary alicyclic amines) is 1. The highest BCUT2D eigenvalue weighted by atomic mass is 35.5. The van der Waals surface area contributed by atoms with Gasteiger partial charge in [0.25, 0.3) is 5.91 Å². The second-order valence-electron chi connectivity index (χ2n) is 5.80. The van der Waals surface area contributed by atoms with E-state index in [1.54, 1.807) is 41.3 Å². The largest absolute Gasteiger partial charge is 0.337 e. The lowest BCUT2D eigenvalue weighted by molar-refractivity contribution is 0.0786. The Morgan fingerprint density at radius 2 is 1.75 bits per heavy atom. The van der Waals surface area contributed by atoms with Gasteiger partial charge in [-0.3, -0.25) is 9.59 Å². The van der Waals surface area contributed by atoms with Gasteiger partial charge in [-0.25, -0.2) is 0 Å². The molecule has 4 nitrogen and oxygen atoms in total. The molecule has 1 aliphatic rings. The van der Waals surface area contributed by atoms with Gasteiger partial charge in [-0.05, 0) is 30.7 Å². The third kappa shape index (κ3) is 3.31. The van der Waals surface area contributed by atoms with E-state index in [1.807, 2.05) is 0 Å². The number of carbonyl (C=O) groups is 2. The van der Waals surface area contributed by atoms with Crippen LogP contribution >= 0.6 is 23.2 Å². The standard InChI is InChI=1S/C18H16Cl2N2O2/c19-15-6-5-11(9-16(15)20)17(23)13-3-1-2-4-14(13)18(24)22-8-7-12(21)10-22/h1-6,9,12H,7-8,10,21H2. The van der Waals surface area contributed by atoms with Gasteiger partial charge in [-0.2, -0.15) is 0 Å². The molecule has 2 N–H and O–H groups in total. The molecular weight excluding hydrogens is 347 g/mol. The summed E-state index contributed by atoms with van der Waals surface area (Å²) in [5, 5.41) is 0.681. The molecule has 6 heteroatoms. The van der Waals surface area contributed by atoms with E-state index in [0.29, 0.717) is 39.8 Å². The zero-order valence-corrected chi connectivity index (χ0v) is 14.3. The van der Waals surface area contributed by atoms with E-state index >= 15 is 0 Å². The van der Waals surface area contributed by atoms with Crippen molar-refractivity contribution in [2.45, 2.75) is 12.5 Å². The Morgan fingerprint density at radius 1 is 1.04 bits per heavy atom. The van der Waals surface area contributed by atoms with Crippen molar-refractivity contribution in [3.63, 3.8) is 0 Å². The van der Waals surface area contributed by atoms with E-state index in [2.05, 4.69) is 0 Å². The molecule has 1 amide bonds. The van der Waals surface area contributed by atoms with Crippen LogP contribution in [0.5, 0.6) is 0 Å². The van der Waals surface area contributed by atoms with Gasteiger partial charge in [0.1, 0.15) is 0 Å². The lowest BCUT2D eigenvalue weighted by atomic mass is 9.97. The first-order chi connectivity index (χ1) is 11.5. The quantitative estimate of drug-likeness (QED) is 0.851. The molecule has 0 radical (unpaired) electrons. The van der Waals surface area contributed by atoms with Crippen molar-refractivity contribution >= 4 is 34.9 Å². The number of halogens is 2. The molecule has 1 saturated heterocycles. The third-order valence-corrected chi connectivity index (χ3v) is 4.83. The molecule has 2 aromatic rings. The molecule has 124 valence electrons. The first-order valence-electron chi connectivity index (χ1n) is 7.61. The minimum Gasteiger partial charge on any atom is -0.337 e. The molecular formula is C18H16Cl2N2O2. The van der Waals surface area contributed by atoms with Gasteiger partial charge in [0.05, 0.1) is 15.6 Å². The summed E-state index contributed by atoms with van der Waals surface area (Å²) in [6, 6.07) is 11.5. The van der Waals surface area contributed by atoms with Crippen molar-refractivity contribution < 1.29 is 9.59 Å². The number of carbonyl (C=O) groups excluding carboxylic acids is 2. The van der Waals surface area contributed by atoms with Crippen LogP contribution in [-0.4, -0.2) is 35.7 Å². The Balaban J connectivity index is 1.95. The maximum Gasteiger partial charge on any atom is 0.254 e. The van der Waals surface area contributed by atoms with E-state index in [4.69, 9.17) is 28.9 Å². The van der Waals surface area contributed by atoms with Gasteiger partial charge >= 0.3 is 0 Å². The van der Waals surface area contributed by atoms with Crippen molar-refractivity contribution in [3.8, 4) is 0 Å². The van der Waals surface area contributed by atoms with E-state index in [-0.39, 0.29) is 17.7 Å². The first kappa shape index (κ1) is 17.0. The van der Waals surface area contributed by atoms with Crippen molar-refractivity contribution in [1.29, 1.82) is 0 Å². The summed E-state index contributed by atoms with van der Waals surface area (Å²) < 4.78 is 0. The number of hydrogen-bond acceptors (Lipinski definition) is 3. The fourth-order valence-corrected chi connectivity index (χ4v) is 3.10. The Bertz CT molecular complexity index is 807. The number of amides is 1. The van der Waals surface area contributed by atoms with Gasteiger partial charge < -0.3 is 10.6 Å². The molecule has 1 heterocycles. The summed E-state index contributed by atoms with van der Waals surface area (Å²) in [5.41, 5.74) is 6.99. The Kier molecular flexibility index (Phi) is 4.90. The second-order valence-corrected chi connectivity index (χ2v) is 6.62. The number of nitrogens with zero attached hydrogens (tertiary/aromatic N) is 1. The summed E-state index contributed by atoms with van der Waals surface area (Å²) in [4.78, 5) is 27.2. The number of benzene rings is 2. The molecule has 1 fully saturated rings. The minimum absolute atomic E-state index is 0.00751. The summed E-state index contributed by atoms with van der Waals surface area (Å²) >= 11 is 11.9. The predicted octanol–water partition coefficient (Wildman–Crippen LogP) is 3.40. The van der Waals surface area contributed by atoms with Crippen LogP contribution in [0.15, 0.2) is 42.5 Å². The molecule has 1 aliphatic heterocycles. The van der Waals surface area contributed by atoms with E-state index in [1.165, 1.54) is 6.07 Å². The topological polar surface area (TPSA) is 63.4 Å². The van der Waals surface area contributed by atoms with Gasteiger partial charge in [0.15, 0.2) is 5.78 Å². The molecule has 24 heavy (non-hydrogen) atoms. The maximum atomic E-state index is 12.8. The smallest absolute Gasteiger partial charge is 0.254 e. The third-order valence-electron chi connectivity index (χ3n) is 4.10. The number of rotatable bonds is 3. The van der Waals surface area contributed by atoms with Gasteiger partial charge in [0, 0.05) is 30.3 Å². The van der Waals surface area contributed by atoms with E-state index in [9.17, 15) is 9.59 Å². The molecule has 0 saturated carbocycles. The Labute approximate surface area is 150 Å². The van der Waals surface area contributed by atoms with Crippen LogP contribution in [0.25, 0.3) is 0 Å². The molecule has 3 rings (SSSR count). The molecule has 2 aromatic carbocycles. The Hall–Kier alpha value is -1.88. The van der Waals surface area contributed by atoms with Gasteiger partial charge in [-0.15, -0.1) is 0 Å². The number of nitrogens with two attached hydrogens (primary N) is 1. The molecule has 0 bridgehead atoms. The molecule has 0 spiro atoms. The van der Waals surface area contributed by atoms with Crippen LogP contribution < -0.4 is 5.73 Å². The monoisotopic (exact) mass is 362 g/mol. The average Bonchev–Trinajstić information content (AvgIpc) is 3.02. The molecule has 0 aromatic heterocycles. The number of ketones is 1. The van der Waals surface area contributed by atoms with Crippen LogP contribution in [0.4, 0.5) is 0 Å². The van der Waals surface area contributed by atoms with Crippen LogP contribution in [-0.2, 0) is 0 Å². The summed E-state index contributed by atoms with van der Waals surface area (Å²) in [7, 11) is 0. The summed E-state index contributed by atoms with van der Waals surface area (Å²) in [6.45, 7) is 1.11. The number of hydrogen-bond donors (Lipinski definition) is 1. The first-order valence-corrected chi connectivity index (χ1v) is 8.36. The zero-order chi connectivity index (χ0) is 17.3. The summed E-state index contributed by atoms with van der Waals surface area (Å²) in [5.74, 6) is -0.437. The van der Waals surface area contributed by atoms with Crippen LogP contribution in [0.3, 0.4) is 0 Å². The van der Waals surface area contributed by atoms with Crippen LogP contribution in [0.1, 0.15) is 32.7 Å². The summed E-state index contributed by atoms with van der Waals surface area (Å²) in [6.07, 6.45) is 0.772.